The summed E-state index contributed by atoms with van der Waals surface area (Å²) in [6.07, 6.45) is -4.21. The molecule has 0 amide bonds. The Morgan fingerprint density at radius 1 is 1.22 bits per heavy atom. The van der Waals surface area contributed by atoms with E-state index in [1.165, 1.54) is 23.5 Å². The molecule has 0 fully saturated rings. The summed E-state index contributed by atoms with van der Waals surface area (Å²) in [4.78, 5) is 0.856. The first-order valence-electron chi connectivity index (χ1n) is 7.90. The summed E-state index contributed by atoms with van der Waals surface area (Å²) < 4.78 is 70.4. The molecule has 1 aromatic carbocycles. The van der Waals surface area contributed by atoms with E-state index >= 15 is 0 Å². The van der Waals surface area contributed by atoms with Gasteiger partial charge < -0.3 is 4.52 Å². The van der Waals surface area contributed by atoms with Crippen LogP contribution in [-0.4, -0.2) is 13.6 Å². The number of alkyl halides is 3. The summed E-state index contributed by atoms with van der Waals surface area (Å²) in [5, 5.41) is 5.25. The number of hydrogen-bond donors (Lipinski definition) is 1. The number of aryl methyl sites for hydroxylation is 1. The van der Waals surface area contributed by atoms with E-state index in [0.717, 1.165) is 10.9 Å². The second-order valence-corrected chi connectivity index (χ2v) is 8.42. The van der Waals surface area contributed by atoms with E-state index in [9.17, 15) is 21.6 Å². The zero-order valence-electron chi connectivity index (χ0n) is 14.1. The van der Waals surface area contributed by atoms with Crippen LogP contribution in [0.4, 0.5) is 13.2 Å². The smallest absolute Gasteiger partial charge is 0.351 e. The Bertz CT molecular complexity index is 1030. The van der Waals surface area contributed by atoms with Crippen LogP contribution in [0.25, 0.3) is 11.3 Å². The third-order valence-corrected chi connectivity index (χ3v) is 6.20. The summed E-state index contributed by atoms with van der Waals surface area (Å²) in [6, 6.07) is 8.77. The molecule has 3 aromatic rings. The number of hydrogen-bond acceptors (Lipinski definition) is 5. The lowest BCUT2D eigenvalue weighted by atomic mass is 10.1. The van der Waals surface area contributed by atoms with E-state index in [1.807, 2.05) is 11.4 Å². The van der Waals surface area contributed by atoms with Crippen LogP contribution in [0.1, 0.15) is 23.1 Å². The van der Waals surface area contributed by atoms with Gasteiger partial charge in [0.15, 0.2) is 0 Å². The topological polar surface area (TPSA) is 72.2 Å². The average molecular weight is 416 g/mol. The van der Waals surface area contributed by atoms with Gasteiger partial charge in [0.25, 0.3) is 0 Å². The molecule has 0 aliphatic rings. The number of halogens is 3. The standard InChI is InChI=1S/C17H15F3N2O3S2/c1-2-11-5-6-12(14-9-16(25-22-14)17(18,19)20)8-15(11)27(23,24)21-10-13-4-3-7-26-13/h3-9,21H,2,10H2,1H3. The molecular formula is C17H15F3N2O3S2. The number of rotatable bonds is 6. The van der Waals surface area contributed by atoms with Gasteiger partial charge in [-0.1, -0.05) is 30.3 Å². The molecule has 0 saturated heterocycles. The van der Waals surface area contributed by atoms with E-state index in [1.54, 1.807) is 19.1 Å². The van der Waals surface area contributed by atoms with Crippen LogP contribution >= 0.6 is 11.3 Å². The van der Waals surface area contributed by atoms with Crippen LogP contribution < -0.4 is 4.72 Å². The largest absolute Gasteiger partial charge is 0.452 e. The zero-order valence-corrected chi connectivity index (χ0v) is 15.7. The van der Waals surface area contributed by atoms with Gasteiger partial charge in [-0.15, -0.1) is 11.3 Å². The molecule has 1 N–H and O–H groups in total. The molecule has 0 atom stereocenters. The van der Waals surface area contributed by atoms with Gasteiger partial charge in [-0.2, -0.15) is 13.2 Å². The van der Waals surface area contributed by atoms with E-state index in [4.69, 9.17) is 0 Å². The molecule has 0 saturated carbocycles. The Morgan fingerprint density at radius 3 is 2.59 bits per heavy atom. The number of aromatic nitrogens is 1. The fraction of sp³-hybridized carbons (Fsp3) is 0.235. The highest BCUT2D eigenvalue weighted by Crippen LogP contribution is 2.33. The lowest BCUT2D eigenvalue weighted by molar-refractivity contribution is -0.155. The molecule has 5 nitrogen and oxygen atoms in total. The fourth-order valence-corrected chi connectivity index (χ4v) is 4.53. The van der Waals surface area contributed by atoms with Gasteiger partial charge in [0.2, 0.25) is 15.8 Å². The van der Waals surface area contributed by atoms with Crippen LogP contribution in [-0.2, 0) is 29.2 Å². The van der Waals surface area contributed by atoms with E-state index in [0.29, 0.717) is 12.0 Å². The van der Waals surface area contributed by atoms with Gasteiger partial charge in [0.05, 0.1) is 4.90 Å². The van der Waals surface area contributed by atoms with Crippen molar-refractivity contribution in [3.8, 4) is 11.3 Å². The van der Waals surface area contributed by atoms with Crippen molar-refractivity contribution in [3.05, 3.63) is 58.0 Å². The lowest BCUT2D eigenvalue weighted by Gasteiger charge is -2.11. The maximum absolute atomic E-state index is 12.7. The molecule has 0 aliphatic heterocycles. The van der Waals surface area contributed by atoms with Crippen molar-refractivity contribution in [2.24, 2.45) is 0 Å². The SMILES string of the molecule is CCc1ccc(-c2cc(C(F)(F)F)on2)cc1S(=O)(=O)NCc1cccs1. The van der Waals surface area contributed by atoms with Crippen LogP contribution in [0.15, 0.2) is 51.2 Å². The fourth-order valence-electron chi connectivity index (χ4n) is 2.46. The first kappa shape index (κ1) is 19.6. The molecular weight excluding hydrogens is 401 g/mol. The second kappa shape index (κ2) is 7.45. The second-order valence-electron chi connectivity index (χ2n) is 5.65. The molecule has 10 heteroatoms. The number of nitrogens with zero attached hydrogens (tertiary/aromatic N) is 1. The molecule has 0 bridgehead atoms. The normalized spacial score (nSPS) is 12.4. The Balaban J connectivity index is 1.94. The third kappa shape index (κ3) is 4.40. The minimum Gasteiger partial charge on any atom is -0.351 e. The molecule has 2 aromatic heterocycles. The maximum atomic E-state index is 12.7. The average Bonchev–Trinajstić information content (AvgIpc) is 3.30. The van der Waals surface area contributed by atoms with Crippen molar-refractivity contribution in [1.29, 1.82) is 0 Å². The van der Waals surface area contributed by atoms with Crippen LogP contribution in [0.2, 0.25) is 0 Å². The van der Waals surface area contributed by atoms with Crippen LogP contribution in [0, 0.1) is 0 Å². The van der Waals surface area contributed by atoms with Crippen molar-refractivity contribution in [2.75, 3.05) is 0 Å². The Hall–Kier alpha value is -2.17. The summed E-state index contributed by atoms with van der Waals surface area (Å²) in [6.45, 7) is 1.93. The highest BCUT2D eigenvalue weighted by molar-refractivity contribution is 7.89. The molecule has 0 unspecified atom stereocenters. The van der Waals surface area contributed by atoms with Gasteiger partial charge in [0.1, 0.15) is 5.69 Å². The molecule has 144 valence electrons. The molecule has 27 heavy (non-hydrogen) atoms. The number of thiophene rings is 1. The summed E-state index contributed by atoms with van der Waals surface area (Å²) >= 11 is 1.42. The van der Waals surface area contributed by atoms with Gasteiger partial charge in [0, 0.05) is 23.1 Å². The highest BCUT2D eigenvalue weighted by atomic mass is 32.2. The van der Waals surface area contributed by atoms with Crippen molar-refractivity contribution in [3.63, 3.8) is 0 Å². The van der Waals surface area contributed by atoms with Crippen molar-refractivity contribution in [1.82, 2.24) is 9.88 Å². The molecule has 0 radical (unpaired) electrons. The van der Waals surface area contributed by atoms with Crippen molar-refractivity contribution < 1.29 is 26.1 Å². The van der Waals surface area contributed by atoms with Gasteiger partial charge in [-0.05, 0) is 29.5 Å². The monoisotopic (exact) mass is 416 g/mol. The minimum atomic E-state index is -4.66. The van der Waals surface area contributed by atoms with Gasteiger partial charge >= 0.3 is 6.18 Å². The Labute approximate surface area is 157 Å². The van der Waals surface area contributed by atoms with Gasteiger partial charge in [-0.3, -0.25) is 0 Å². The van der Waals surface area contributed by atoms with E-state index in [-0.39, 0.29) is 22.7 Å². The Kier molecular flexibility index (Phi) is 5.41. The van der Waals surface area contributed by atoms with Crippen molar-refractivity contribution >= 4 is 21.4 Å². The predicted molar refractivity (Wildman–Crippen MR) is 94.7 cm³/mol. The van der Waals surface area contributed by atoms with E-state index < -0.39 is 22.0 Å². The lowest BCUT2D eigenvalue weighted by Crippen LogP contribution is -2.24. The highest BCUT2D eigenvalue weighted by Gasteiger charge is 2.36. The summed E-state index contributed by atoms with van der Waals surface area (Å²) in [7, 11) is -3.86. The summed E-state index contributed by atoms with van der Waals surface area (Å²) in [5.74, 6) is -1.24. The number of nitrogens with one attached hydrogen (secondary N) is 1. The maximum Gasteiger partial charge on any atom is 0.452 e. The quantitative estimate of drug-likeness (QED) is 0.644. The molecule has 0 spiro atoms. The van der Waals surface area contributed by atoms with Crippen molar-refractivity contribution in [2.45, 2.75) is 31.0 Å². The first-order chi connectivity index (χ1) is 12.7. The van der Waals surface area contributed by atoms with E-state index in [2.05, 4.69) is 14.4 Å². The van der Waals surface area contributed by atoms with Gasteiger partial charge in [-0.25, -0.2) is 13.1 Å². The zero-order chi connectivity index (χ0) is 19.7. The first-order valence-corrected chi connectivity index (χ1v) is 10.3. The van der Waals surface area contributed by atoms with Crippen LogP contribution in [0.3, 0.4) is 0 Å². The third-order valence-electron chi connectivity index (χ3n) is 3.84. The predicted octanol–water partition coefficient (Wildman–Crippen LogP) is 4.46. The minimum absolute atomic E-state index is 0.00983. The van der Waals surface area contributed by atoms with Crippen LogP contribution in [0.5, 0.6) is 0 Å². The number of benzene rings is 1. The molecule has 2 heterocycles. The summed E-state index contributed by atoms with van der Waals surface area (Å²) in [5.41, 5.74) is 0.694. The number of sulfonamides is 1. The molecule has 0 aliphatic carbocycles. The Morgan fingerprint density at radius 2 is 2.00 bits per heavy atom. The molecule has 3 rings (SSSR count).